The molecule has 23 heavy (non-hydrogen) atoms. The van der Waals surface area contributed by atoms with Crippen LogP contribution >= 0.6 is 11.8 Å². The first kappa shape index (κ1) is 18.4. The number of thioether (sulfide) groups is 1. The van der Waals surface area contributed by atoms with Gasteiger partial charge in [0.1, 0.15) is 0 Å². The van der Waals surface area contributed by atoms with Crippen molar-refractivity contribution in [3.63, 3.8) is 0 Å². The van der Waals surface area contributed by atoms with Gasteiger partial charge in [-0.05, 0) is 32.2 Å². The van der Waals surface area contributed by atoms with Gasteiger partial charge < -0.3 is 22.1 Å². The summed E-state index contributed by atoms with van der Waals surface area (Å²) in [6.45, 7) is 0.742. The van der Waals surface area contributed by atoms with Crippen LogP contribution in [0.3, 0.4) is 0 Å². The van der Waals surface area contributed by atoms with Crippen molar-refractivity contribution in [3.05, 3.63) is 0 Å². The molecule has 6 N–H and O–H groups in total. The molecule has 0 spiro atoms. The molecule has 0 aromatic rings. The van der Waals surface area contributed by atoms with Gasteiger partial charge in [0.25, 0.3) is 0 Å². The Hall–Kier alpha value is -0.950. The van der Waals surface area contributed by atoms with E-state index in [2.05, 4.69) is 10.6 Å². The fraction of sp³-hybridized carbons (Fsp3) is 0.875. The number of nitrogens with one attached hydrogen (secondary N) is 2. The highest BCUT2D eigenvalue weighted by Crippen LogP contribution is 2.33. The Morgan fingerprint density at radius 3 is 2.65 bits per heavy atom. The van der Waals surface area contributed by atoms with Crippen molar-refractivity contribution in [1.82, 2.24) is 10.6 Å². The molecule has 4 atom stereocenters. The number of unbranched alkanes of at least 4 members (excludes halogenated alkanes) is 3. The Kier molecular flexibility index (Phi) is 7.49. The minimum Gasteiger partial charge on any atom is -0.369 e. The second-order valence-corrected chi connectivity index (χ2v) is 7.92. The number of carbonyl (C=O) groups is 2. The molecule has 3 amide bonds. The van der Waals surface area contributed by atoms with Gasteiger partial charge >= 0.3 is 6.03 Å². The highest BCUT2D eigenvalue weighted by molar-refractivity contribution is 8.00. The largest absolute Gasteiger partial charge is 0.369 e. The predicted molar refractivity (Wildman–Crippen MR) is 94.2 cm³/mol. The van der Waals surface area contributed by atoms with E-state index in [0.717, 1.165) is 63.7 Å². The van der Waals surface area contributed by atoms with E-state index in [-0.39, 0.29) is 29.9 Å². The van der Waals surface area contributed by atoms with Gasteiger partial charge in [0, 0.05) is 16.9 Å². The van der Waals surface area contributed by atoms with Crippen LogP contribution in [0.5, 0.6) is 0 Å². The number of carbonyl (C=O) groups excluding carboxylic acids is 2. The van der Waals surface area contributed by atoms with Crippen LogP contribution < -0.4 is 22.1 Å². The van der Waals surface area contributed by atoms with Gasteiger partial charge in [0.15, 0.2) is 0 Å². The maximum Gasteiger partial charge on any atom is 0.315 e. The topological polar surface area (TPSA) is 110 Å². The molecule has 2 fully saturated rings. The van der Waals surface area contributed by atoms with Gasteiger partial charge in [-0.2, -0.15) is 11.8 Å². The van der Waals surface area contributed by atoms with E-state index in [4.69, 9.17) is 11.5 Å². The average molecular weight is 343 g/mol. The zero-order chi connectivity index (χ0) is 16.7. The van der Waals surface area contributed by atoms with Crippen LogP contribution in [-0.4, -0.2) is 41.6 Å². The summed E-state index contributed by atoms with van der Waals surface area (Å²) in [6, 6.07) is 0.473. The van der Waals surface area contributed by atoms with Crippen LogP contribution in [-0.2, 0) is 4.79 Å². The summed E-state index contributed by atoms with van der Waals surface area (Å²) in [4.78, 5) is 23.0. The lowest BCUT2D eigenvalue weighted by molar-refractivity contribution is -0.122. The molecule has 6 nitrogen and oxygen atoms in total. The second-order valence-electron chi connectivity index (χ2n) is 6.64. The van der Waals surface area contributed by atoms with Crippen LogP contribution in [0.4, 0.5) is 4.79 Å². The summed E-state index contributed by atoms with van der Waals surface area (Å²) < 4.78 is 0. The summed E-state index contributed by atoms with van der Waals surface area (Å²) in [5, 5.41) is 6.42. The van der Waals surface area contributed by atoms with Crippen LogP contribution in [0.1, 0.15) is 51.4 Å². The monoisotopic (exact) mass is 342 g/mol. The van der Waals surface area contributed by atoms with Crippen LogP contribution in [0, 0.1) is 5.92 Å². The molecule has 7 heteroatoms. The van der Waals surface area contributed by atoms with Crippen molar-refractivity contribution >= 4 is 23.7 Å². The number of rotatable bonds is 11. The predicted octanol–water partition coefficient (Wildman–Crippen LogP) is 1.33. The summed E-state index contributed by atoms with van der Waals surface area (Å²) >= 11 is 1.92. The quantitative estimate of drug-likeness (QED) is 0.335. The molecular formula is C16H30N4O2S. The fourth-order valence-electron chi connectivity index (χ4n) is 3.53. The third kappa shape index (κ3) is 5.57. The van der Waals surface area contributed by atoms with Crippen LogP contribution in [0.25, 0.3) is 0 Å². The molecule has 0 aromatic heterocycles. The molecule has 0 saturated carbocycles. The lowest BCUT2D eigenvalue weighted by Crippen LogP contribution is -2.36. The van der Waals surface area contributed by atoms with Crippen LogP contribution in [0.2, 0.25) is 0 Å². The number of hydrogen-bond donors (Lipinski definition) is 4. The molecule has 1 unspecified atom stereocenters. The van der Waals surface area contributed by atoms with Crippen molar-refractivity contribution < 1.29 is 9.59 Å². The van der Waals surface area contributed by atoms with Gasteiger partial charge in [-0.3, -0.25) is 4.79 Å². The number of urea groups is 1. The standard InChI is InChI=1S/C16H30N4O2S/c17-9-4-2-1-3-6-11(15(18)21)7-5-8-13-14-12(10-23-13)19-16(22)20-14/h11-14H,1-10,17H2,(H2,18,21)(H2,19,20,22)/t11?,12-,13-,14-/m0/s1. The number of fused-ring (bicyclic) bond motifs is 1. The van der Waals surface area contributed by atoms with Crippen molar-refractivity contribution in [1.29, 1.82) is 0 Å². The summed E-state index contributed by atoms with van der Waals surface area (Å²) in [6.07, 6.45) is 8.15. The fourth-order valence-corrected chi connectivity index (χ4v) is 5.07. The molecule has 0 aromatic carbocycles. The maximum absolute atomic E-state index is 11.6. The van der Waals surface area contributed by atoms with E-state index in [1.807, 2.05) is 11.8 Å². The minimum atomic E-state index is -0.170. The first-order chi connectivity index (χ1) is 11.1. The third-order valence-corrected chi connectivity index (χ3v) is 6.40. The lowest BCUT2D eigenvalue weighted by Gasteiger charge is -2.18. The summed E-state index contributed by atoms with van der Waals surface area (Å²) in [7, 11) is 0. The molecule has 2 rings (SSSR count). The highest BCUT2D eigenvalue weighted by Gasteiger charge is 2.42. The number of hydrogen-bond acceptors (Lipinski definition) is 4. The normalized spacial score (nSPS) is 27.3. The van der Waals surface area contributed by atoms with E-state index in [1.54, 1.807) is 0 Å². The Morgan fingerprint density at radius 2 is 1.91 bits per heavy atom. The van der Waals surface area contributed by atoms with Crippen molar-refractivity contribution in [3.8, 4) is 0 Å². The van der Waals surface area contributed by atoms with E-state index in [9.17, 15) is 9.59 Å². The molecule has 132 valence electrons. The number of amides is 3. The van der Waals surface area contributed by atoms with Gasteiger partial charge in [-0.1, -0.05) is 25.7 Å². The molecule has 2 aliphatic rings. The van der Waals surface area contributed by atoms with E-state index in [0.29, 0.717) is 5.25 Å². The summed E-state index contributed by atoms with van der Waals surface area (Å²) in [5.74, 6) is 0.803. The molecule has 2 saturated heterocycles. The average Bonchev–Trinajstić information content (AvgIpc) is 3.04. The van der Waals surface area contributed by atoms with Crippen LogP contribution in [0.15, 0.2) is 0 Å². The molecule has 0 bridgehead atoms. The Bertz CT molecular complexity index is 408. The van der Waals surface area contributed by atoms with E-state index >= 15 is 0 Å². The maximum atomic E-state index is 11.6. The Morgan fingerprint density at radius 1 is 1.17 bits per heavy atom. The zero-order valence-corrected chi connectivity index (χ0v) is 14.6. The first-order valence-electron chi connectivity index (χ1n) is 8.80. The molecule has 2 heterocycles. The SMILES string of the molecule is NCCCCCCC(CCC[C@@H]1SC[C@@H]2NC(=O)N[C@@H]21)C(N)=O. The third-order valence-electron chi connectivity index (χ3n) is 4.89. The highest BCUT2D eigenvalue weighted by atomic mass is 32.2. The molecular weight excluding hydrogens is 312 g/mol. The first-order valence-corrected chi connectivity index (χ1v) is 9.84. The second kappa shape index (κ2) is 9.37. The minimum absolute atomic E-state index is 0.00799. The molecule has 2 aliphatic heterocycles. The zero-order valence-electron chi connectivity index (χ0n) is 13.8. The van der Waals surface area contributed by atoms with Gasteiger partial charge in [0.2, 0.25) is 5.91 Å². The smallest absolute Gasteiger partial charge is 0.315 e. The van der Waals surface area contributed by atoms with Crippen molar-refractivity contribution in [2.75, 3.05) is 12.3 Å². The van der Waals surface area contributed by atoms with Gasteiger partial charge in [-0.15, -0.1) is 0 Å². The summed E-state index contributed by atoms with van der Waals surface area (Å²) in [5.41, 5.74) is 11.0. The van der Waals surface area contributed by atoms with Crippen molar-refractivity contribution in [2.24, 2.45) is 17.4 Å². The Balaban J connectivity index is 1.64. The van der Waals surface area contributed by atoms with Gasteiger partial charge in [0.05, 0.1) is 12.1 Å². The van der Waals surface area contributed by atoms with E-state index in [1.165, 1.54) is 0 Å². The lowest BCUT2D eigenvalue weighted by atomic mass is 9.93. The number of primary amides is 1. The van der Waals surface area contributed by atoms with Gasteiger partial charge in [-0.25, -0.2) is 4.79 Å². The van der Waals surface area contributed by atoms with Crippen molar-refractivity contribution in [2.45, 2.75) is 68.7 Å². The molecule has 0 radical (unpaired) electrons. The molecule has 0 aliphatic carbocycles. The number of nitrogens with two attached hydrogens (primary N) is 2. The van der Waals surface area contributed by atoms with E-state index < -0.39 is 0 Å². The Labute approximate surface area is 142 Å².